The van der Waals surface area contributed by atoms with E-state index in [-0.39, 0.29) is 35.8 Å². The zero-order valence-corrected chi connectivity index (χ0v) is 12.6. The average molecular weight is 270 g/mol. The van der Waals surface area contributed by atoms with E-state index >= 15 is 0 Å². The van der Waals surface area contributed by atoms with E-state index in [2.05, 4.69) is 10.2 Å². The number of carbonyl (C=O) groups is 2. The number of hydrogen-bond donors (Lipinski definition) is 1. The van der Waals surface area contributed by atoms with Crippen LogP contribution < -0.4 is 5.32 Å². The van der Waals surface area contributed by atoms with E-state index in [0.29, 0.717) is 13.2 Å². The van der Waals surface area contributed by atoms with Gasteiger partial charge >= 0.3 is 0 Å². The Morgan fingerprint density at radius 3 is 2.53 bits per heavy atom. The van der Waals surface area contributed by atoms with E-state index in [9.17, 15) is 9.59 Å². The second-order valence-electron chi connectivity index (χ2n) is 5.82. The molecule has 1 amide bonds. The molecular weight excluding hydrogens is 244 g/mol. The first kappa shape index (κ1) is 16.1. The summed E-state index contributed by atoms with van der Waals surface area (Å²) in [5, 5.41) is 2.83. The zero-order valence-electron chi connectivity index (χ0n) is 12.6. The minimum atomic E-state index is -0.388. The summed E-state index contributed by atoms with van der Waals surface area (Å²) in [5.74, 6) is 0.0316. The van der Waals surface area contributed by atoms with Crippen LogP contribution in [0.25, 0.3) is 0 Å². The average Bonchev–Trinajstić information content (AvgIpc) is 2.30. The van der Waals surface area contributed by atoms with Crippen molar-refractivity contribution in [1.82, 2.24) is 10.2 Å². The first-order valence-corrected chi connectivity index (χ1v) is 6.96. The number of morpholine rings is 1. The molecule has 0 spiro atoms. The van der Waals surface area contributed by atoms with Crippen LogP contribution in [0.15, 0.2) is 0 Å². The molecule has 1 rings (SSSR count). The Bertz CT molecular complexity index is 331. The maximum Gasteiger partial charge on any atom is 0.234 e. The summed E-state index contributed by atoms with van der Waals surface area (Å²) >= 11 is 0. The standard InChI is InChI=1S/C14H26N2O3/c1-9(2)14(12(5)17)15-13(18)7-16-6-11(4)19-8-10(16)3/h9-11,14H,6-8H2,1-5H3,(H,15,18)/t10-,11-,14-/m1/s1. The highest BCUT2D eigenvalue weighted by molar-refractivity contribution is 5.88. The number of rotatable bonds is 5. The lowest BCUT2D eigenvalue weighted by molar-refractivity contribution is -0.130. The summed E-state index contributed by atoms with van der Waals surface area (Å²) in [5.41, 5.74) is 0. The molecule has 1 saturated heterocycles. The number of ether oxygens (including phenoxy) is 1. The number of nitrogens with zero attached hydrogens (tertiary/aromatic N) is 1. The molecule has 1 heterocycles. The summed E-state index contributed by atoms with van der Waals surface area (Å²) < 4.78 is 5.53. The Morgan fingerprint density at radius 1 is 1.37 bits per heavy atom. The molecule has 0 bridgehead atoms. The van der Waals surface area contributed by atoms with Gasteiger partial charge in [-0.3, -0.25) is 14.5 Å². The molecular formula is C14H26N2O3. The highest BCUT2D eigenvalue weighted by Gasteiger charge is 2.27. The van der Waals surface area contributed by atoms with Crippen molar-refractivity contribution in [1.29, 1.82) is 0 Å². The number of carbonyl (C=O) groups excluding carboxylic acids is 2. The van der Waals surface area contributed by atoms with Crippen LogP contribution >= 0.6 is 0 Å². The quantitative estimate of drug-likeness (QED) is 0.804. The molecule has 0 aromatic heterocycles. The summed E-state index contributed by atoms with van der Waals surface area (Å²) in [6, 6.07) is -0.155. The maximum atomic E-state index is 12.0. The smallest absolute Gasteiger partial charge is 0.234 e. The first-order chi connectivity index (χ1) is 8.81. The Kier molecular flexibility index (Phi) is 5.94. The molecule has 0 radical (unpaired) electrons. The molecule has 1 N–H and O–H groups in total. The molecule has 19 heavy (non-hydrogen) atoms. The third-order valence-corrected chi connectivity index (χ3v) is 3.50. The van der Waals surface area contributed by atoms with Gasteiger partial charge in [-0.1, -0.05) is 13.8 Å². The van der Waals surface area contributed by atoms with Crippen LogP contribution in [0.2, 0.25) is 0 Å². The van der Waals surface area contributed by atoms with Crippen LogP contribution in [-0.4, -0.2) is 54.5 Å². The highest BCUT2D eigenvalue weighted by atomic mass is 16.5. The fourth-order valence-electron chi connectivity index (χ4n) is 2.33. The summed E-state index contributed by atoms with van der Waals surface area (Å²) in [6.45, 7) is 11.2. The molecule has 0 aliphatic carbocycles. The Balaban J connectivity index is 2.51. The van der Waals surface area contributed by atoms with Gasteiger partial charge in [-0.2, -0.15) is 0 Å². The van der Waals surface area contributed by atoms with Crippen molar-refractivity contribution < 1.29 is 14.3 Å². The van der Waals surface area contributed by atoms with Gasteiger partial charge in [0.15, 0.2) is 5.78 Å². The van der Waals surface area contributed by atoms with Crippen molar-refractivity contribution in [2.24, 2.45) is 5.92 Å². The SMILES string of the molecule is CC(=O)[C@H](NC(=O)CN1C[C@@H](C)OC[C@H]1C)C(C)C. The summed E-state index contributed by atoms with van der Waals surface area (Å²) in [6.07, 6.45) is 0.151. The van der Waals surface area contributed by atoms with E-state index in [1.54, 1.807) is 0 Å². The molecule has 0 unspecified atom stereocenters. The van der Waals surface area contributed by atoms with Crippen LogP contribution in [-0.2, 0) is 14.3 Å². The predicted octanol–water partition coefficient (Wildman–Crippen LogP) is 0.825. The van der Waals surface area contributed by atoms with Crippen molar-refractivity contribution in [2.75, 3.05) is 19.7 Å². The molecule has 5 nitrogen and oxygen atoms in total. The highest BCUT2D eigenvalue weighted by Crippen LogP contribution is 2.11. The number of ketones is 1. The van der Waals surface area contributed by atoms with Gasteiger partial charge in [0, 0.05) is 12.6 Å². The van der Waals surface area contributed by atoms with Crippen molar-refractivity contribution >= 4 is 11.7 Å². The van der Waals surface area contributed by atoms with E-state index in [1.807, 2.05) is 27.7 Å². The van der Waals surface area contributed by atoms with Crippen LogP contribution in [0.3, 0.4) is 0 Å². The normalized spacial score (nSPS) is 26.2. The minimum Gasteiger partial charge on any atom is -0.376 e. The summed E-state index contributed by atoms with van der Waals surface area (Å²) in [7, 11) is 0. The van der Waals surface area contributed by atoms with E-state index < -0.39 is 0 Å². The molecule has 0 aromatic carbocycles. The van der Waals surface area contributed by atoms with Gasteiger partial charge in [0.1, 0.15) is 0 Å². The number of nitrogens with one attached hydrogen (secondary N) is 1. The number of amides is 1. The van der Waals surface area contributed by atoms with Gasteiger partial charge in [-0.15, -0.1) is 0 Å². The number of Topliss-reactive ketones (excluding diaryl/α,β-unsaturated/α-hetero) is 1. The third kappa shape index (κ3) is 4.91. The van der Waals surface area contributed by atoms with E-state index in [1.165, 1.54) is 6.92 Å². The van der Waals surface area contributed by atoms with Crippen LogP contribution in [0.1, 0.15) is 34.6 Å². The zero-order chi connectivity index (χ0) is 14.6. The second kappa shape index (κ2) is 7.01. The van der Waals surface area contributed by atoms with Gasteiger partial charge in [-0.05, 0) is 26.7 Å². The second-order valence-corrected chi connectivity index (χ2v) is 5.82. The Labute approximate surface area is 115 Å². The molecule has 5 heteroatoms. The first-order valence-electron chi connectivity index (χ1n) is 6.96. The van der Waals surface area contributed by atoms with Gasteiger partial charge in [0.25, 0.3) is 0 Å². The molecule has 3 atom stereocenters. The van der Waals surface area contributed by atoms with E-state index in [4.69, 9.17) is 4.74 Å². The van der Waals surface area contributed by atoms with Crippen molar-refractivity contribution in [3.05, 3.63) is 0 Å². The molecule has 1 aliphatic heterocycles. The molecule has 1 aliphatic rings. The predicted molar refractivity (Wildman–Crippen MR) is 73.9 cm³/mol. The van der Waals surface area contributed by atoms with Crippen LogP contribution in [0.5, 0.6) is 0 Å². The fraction of sp³-hybridized carbons (Fsp3) is 0.857. The van der Waals surface area contributed by atoms with Gasteiger partial charge < -0.3 is 10.1 Å². The van der Waals surface area contributed by atoms with Gasteiger partial charge in [-0.25, -0.2) is 0 Å². The largest absolute Gasteiger partial charge is 0.376 e. The molecule has 0 saturated carbocycles. The molecule has 1 fully saturated rings. The van der Waals surface area contributed by atoms with Crippen molar-refractivity contribution in [2.45, 2.75) is 52.8 Å². The van der Waals surface area contributed by atoms with Crippen LogP contribution in [0, 0.1) is 5.92 Å². The van der Waals surface area contributed by atoms with Crippen molar-refractivity contribution in [3.8, 4) is 0 Å². The monoisotopic (exact) mass is 270 g/mol. The minimum absolute atomic E-state index is 0.00624. The Morgan fingerprint density at radius 2 is 2.00 bits per heavy atom. The topological polar surface area (TPSA) is 58.6 Å². The lowest BCUT2D eigenvalue weighted by Gasteiger charge is -2.36. The maximum absolute atomic E-state index is 12.0. The Hall–Kier alpha value is -0.940. The number of hydrogen-bond acceptors (Lipinski definition) is 4. The third-order valence-electron chi connectivity index (χ3n) is 3.50. The van der Waals surface area contributed by atoms with Crippen LogP contribution in [0.4, 0.5) is 0 Å². The lowest BCUT2D eigenvalue weighted by Crippen LogP contribution is -2.53. The lowest BCUT2D eigenvalue weighted by atomic mass is 10.0. The van der Waals surface area contributed by atoms with Gasteiger partial charge in [0.2, 0.25) is 5.91 Å². The van der Waals surface area contributed by atoms with Crippen molar-refractivity contribution in [3.63, 3.8) is 0 Å². The van der Waals surface area contributed by atoms with E-state index in [0.717, 1.165) is 6.54 Å². The summed E-state index contributed by atoms with van der Waals surface area (Å²) in [4.78, 5) is 25.6. The molecule has 110 valence electrons. The van der Waals surface area contributed by atoms with Gasteiger partial charge in [0.05, 0.1) is 25.3 Å². The molecule has 0 aromatic rings. The fourth-order valence-corrected chi connectivity index (χ4v) is 2.33.